The molecule has 5 heterocycles. The molecule has 3 aromatic carbocycles. The number of hydrogen-bond acceptors (Lipinski definition) is 14. The Hall–Kier alpha value is -8.48. The maximum absolute atomic E-state index is 14.1. The van der Waals surface area contributed by atoms with Crippen LogP contribution in [0.25, 0.3) is 27.1 Å². The van der Waals surface area contributed by atoms with Gasteiger partial charge in [0, 0.05) is 129 Å². The van der Waals surface area contributed by atoms with Gasteiger partial charge in [-0.1, -0.05) is 32.4 Å². The number of nitrogens with zero attached hydrogens (tertiary/aromatic N) is 5. The summed E-state index contributed by atoms with van der Waals surface area (Å²) >= 11 is 8.05. The lowest BCUT2D eigenvalue weighted by Gasteiger charge is -2.33. The number of thiophene rings is 1. The van der Waals surface area contributed by atoms with Crippen molar-refractivity contribution in [2.45, 2.75) is 90.7 Å². The number of carbonyl (C=O) groups is 9. The molecular weight excluding hydrogens is 1170 g/mol. The molecule has 7 N–H and O–H groups in total. The highest BCUT2D eigenvalue weighted by atomic mass is 35.5. The van der Waals surface area contributed by atoms with E-state index in [0.29, 0.717) is 55.1 Å². The van der Waals surface area contributed by atoms with Crippen LogP contribution in [0.5, 0.6) is 11.5 Å². The number of alkyl halides is 1. The van der Waals surface area contributed by atoms with Crippen LogP contribution in [0.3, 0.4) is 0 Å². The lowest BCUT2D eigenvalue weighted by molar-refractivity contribution is -0.137. The molecule has 3 aliphatic heterocycles. The summed E-state index contributed by atoms with van der Waals surface area (Å²) in [7, 11) is 3.22. The molecule has 10 amide bonds. The van der Waals surface area contributed by atoms with Gasteiger partial charge in [-0.3, -0.25) is 38.6 Å². The van der Waals surface area contributed by atoms with Crippen LogP contribution in [0.2, 0.25) is 0 Å². The Kier molecular flexibility index (Phi) is 22.6. The molecule has 0 saturated carbocycles. The third kappa shape index (κ3) is 17.8. The fraction of sp³-hybridized carbons (Fsp3) is 0.444. The molecule has 2 unspecified atom stereocenters. The van der Waals surface area contributed by atoms with Crippen LogP contribution in [0, 0.1) is 12.3 Å². The van der Waals surface area contributed by atoms with Gasteiger partial charge in [0.25, 0.3) is 17.7 Å². The number of aromatic amines is 1. The predicted molar refractivity (Wildman–Crippen MR) is 337 cm³/mol. The van der Waals surface area contributed by atoms with Crippen LogP contribution in [0.1, 0.15) is 93.5 Å². The molecule has 88 heavy (non-hydrogen) atoms. The number of urea groups is 1. The van der Waals surface area contributed by atoms with E-state index in [0.717, 1.165) is 68.1 Å². The summed E-state index contributed by atoms with van der Waals surface area (Å²) < 4.78 is 18.6. The van der Waals surface area contributed by atoms with Gasteiger partial charge in [-0.05, 0) is 123 Å². The van der Waals surface area contributed by atoms with Crippen molar-refractivity contribution in [3.05, 3.63) is 101 Å². The van der Waals surface area contributed by atoms with Crippen molar-refractivity contribution in [3.63, 3.8) is 0 Å². The summed E-state index contributed by atoms with van der Waals surface area (Å²) in [4.78, 5) is 126. The highest BCUT2D eigenvalue weighted by Gasteiger charge is 2.36. The molecule has 0 spiro atoms. The average Bonchev–Trinajstić information content (AvgIpc) is 1.60. The van der Waals surface area contributed by atoms with Gasteiger partial charge in [-0.15, -0.1) is 22.9 Å². The van der Waals surface area contributed by atoms with Crippen molar-refractivity contribution < 1.29 is 57.4 Å². The van der Waals surface area contributed by atoms with E-state index in [2.05, 4.69) is 31.2 Å². The van der Waals surface area contributed by atoms with Gasteiger partial charge in [0.05, 0.1) is 16.9 Å². The number of unbranched alkanes of at least 4 members (excludes halogenated alkanes) is 2. The fourth-order valence-corrected chi connectivity index (χ4v) is 12.4. The summed E-state index contributed by atoms with van der Waals surface area (Å²) in [5.74, 6) is -1.29. The zero-order valence-corrected chi connectivity index (χ0v) is 52.0. The minimum atomic E-state index is -1.05. The first-order valence-corrected chi connectivity index (χ1v) is 31.0. The van der Waals surface area contributed by atoms with Crippen LogP contribution < -0.4 is 41.4 Å². The molecule has 1 fully saturated rings. The molecule has 23 nitrogen and oxygen atoms in total. The first-order valence-electron chi connectivity index (χ1n) is 29.6. The number of primary amides is 1. The normalized spacial score (nSPS) is 15.2. The van der Waals surface area contributed by atoms with E-state index < -0.39 is 48.0 Å². The number of nitrogens with two attached hydrogens (primary N) is 1. The zero-order valence-electron chi connectivity index (χ0n) is 50.4. The van der Waals surface area contributed by atoms with Crippen molar-refractivity contribution >= 4 is 115 Å². The van der Waals surface area contributed by atoms with Crippen molar-refractivity contribution in [1.29, 1.82) is 0 Å². The number of hydrogen-bond donors (Lipinski definition) is 6. The molecule has 1 saturated heterocycles. The number of carbonyl (C=O) groups excluding carboxylic acids is 9. The number of benzene rings is 3. The summed E-state index contributed by atoms with van der Waals surface area (Å²) in [6.07, 6.45) is 9.07. The van der Waals surface area contributed by atoms with Crippen molar-refractivity contribution in [2.75, 3.05) is 95.7 Å². The number of anilines is 2. The highest BCUT2D eigenvalue weighted by molar-refractivity contribution is 7.17. The highest BCUT2D eigenvalue weighted by Crippen LogP contribution is 2.49. The second-order valence-corrected chi connectivity index (χ2v) is 24.4. The number of ether oxygens (including phenoxy) is 3. The number of imide groups is 1. The molecule has 8 rings (SSSR count). The van der Waals surface area contributed by atoms with Crippen LogP contribution in [-0.2, 0) is 40.1 Å². The van der Waals surface area contributed by atoms with Crippen LogP contribution in [0.4, 0.5) is 25.8 Å². The average molecular weight is 1250 g/mol. The Labute approximate surface area is 520 Å². The molecule has 2 aromatic heterocycles. The Bertz CT molecular complexity index is 3430. The van der Waals surface area contributed by atoms with Gasteiger partial charge in [0.1, 0.15) is 25.0 Å². The smallest absolute Gasteiger partial charge is 0.415 e. The molecule has 2 atom stereocenters. The summed E-state index contributed by atoms with van der Waals surface area (Å²) in [6.45, 7) is 10.2. The van der Waals surface area contributed by atoms with E-state index in [1.807, 2.05) is 50.4 Å². The summed E-state index contributed by atoms with van der Waals surface area (Å²) in [5, 5.41) is 14.3. The van der Waals surface area contributed by atoms with Crippen LogP contribution in [0.15, 0.2) is 78.2 Å². The number of rotatable bonds is 29. The second kappa shape index (κ2) is 30.4. The number of amides is 10. The molecule has 5 aromatic rings. The Morgan fingerprint density at radius 1 is 0.886 bits per heavy atom. The number of aryl methyl sites for hydroxylation is 1. The van der Waals surface area contributed by atoms with Gasteiger partial charge < -0.3 is 60.9 Å². The third-order valence-electron chi connectivity index (χ3n) is 15.4. The van der Waals surface area contributed by atoms with Gasteiger partial charge >= 0.3 is 18.2 Å². The molecule has 470 valence electrons. The topological polar surface area (TPSA) is 287 Å². The fourth-order valence-electron chi connectivity index (χ4n) is 11.2. The molecule has 25 heteroatoms. The molecule has 0 bridgehead atoms. The third-order valence-corrected chi connectivity index (χ3v) is 16.9. The summed E-state index contributed by atoms with van der Waals surface area (Å²) in [6, 6.07) is 14.4. The van der Waals surface area contributed by atoms with E-state index >= 15 is 0 Å². The van der Waals surface area contributed by atoms with Gasteiger partial charge in [-0.25, -0.2) is 14.4 Å². The number of likely N-dealkylation sites (tertiary alicyclic amines) is 1. The number of halogens is 1. The molecule has 0 aliphatic carbocycles. The van der Waals surface area contributed by atoms with E-state index in [1.165, 1.54) is 52.2 Å². The largest absolute Gasteiger partial charge is 0.492 e. The molecule has 0 radical (unpaired) electrons. The summed E-state index contributed by atoms with van der Waals surface area (Å²) in [5.41, 5.74) is 9.77. The van der Waals surface area contributed by atoms with Crippen molar-refractivity contribution in [2.24, 2.45) is 11.1 Å². The Morgan fingerprint density at radius 3 is 2.33 bits per heavy atom. The lowest BCUT2D eigenvalue weighted by Crippen LogP contribution is -2.47. The van der Waals surface area contributed by atoms with Crippen LogP contribution in [-0.4, -0.2) is 170 Å². The molecular formula is C63H78ClN11O12S. The maximum atomic E-state index is 14.1. The maximum Gasteiger partial charge on any atom is 0.415 e. The first kappa shape index (κ1) is 65.5. The minimum absolute atomic E-state index is 0.0950. The zero-order chi connectivity index (χ0) is 63.1. The Balaban J connectivity index is 0.797. The van der Waals surface area contributed by atoms with E-state index in [9.17, 15) is 43.2 Å². The monoisotopic (exact) mass is 1250 g/mol. The standard InChI is InChI=1S/C63H78ClN11O12S/c1-40-37-88-58-50(32-49-57(56(40)58)43(33-64)35-75(49)55(80)21-18-45-30-42-31-46(19-20-47(42)68-45)85-29-28-73-25-9-10-26-73)87-62(84)72(5)39-63(2,3)38-71(4)61(83)86-36-41-14-16-44(17-15-41)69-59(81)48(12-11-24-66-60(65)82)70-52(77)34-67-51(76)13-7-6-8-27-74-53(78)22-23-54(74)79/h14-23,30-32,37,43,48,68H,6-13,24-29,33-36,38-39H2,1-5H3,(H,67,76)(H,69,81)(H,70,77)(H3,65,66,82)/b21-18+. The van der Waals surface area contributed by atoms with Crippen LogP contribution >= 0.6 is 22.9 Å². The number of nitrogens with one attached hydrogen (secondary N) is 5. The number of fused-ring (bicyclic) bond motifs is 4. The quantitative estimate of drug-likeness (QED) is 0.0116. The van der Waals surface area contributed by atoms with Crippen molar-refractivity contribution in [3.8, 4) is 11.5 Å². The van der Waals surface area contributed by atoms with Crippen molar-refractivity contribution in [1.82, 2.24) is 40.5 Å². The predicted octanol–water partition coefficient (Wildman–Crippen LogP) is 7.75. The SMILES string of the molecule is Cc1csc2c(OC(=O)N(C)CC(C)(C)CN(C)C(=O)OCc3ccc(NC(=O)C(CCCNC(N)=O)NC(=O)CNC(=O)CCCCCN4C(=O)C=CC4=O)cc3)cc3c(c12)C(CCl)CN3C(=O)/C=C/c1cc2cc(OCCN3CCCC3)ccc2[nH]1. The van der Waals surface area contributed by atoms with E-state index in [-0.39, 0.29) is 87.5 Å². The minimum Gasteiger partial charge on any atom is -0.492 e. The number of H-pyrrole nitrogens is 1. The number of aromatic nitrogens is 1. The first-order chi connectivity index (χ1) is 42.1. The lowest BCUT2D eigenvalue weighted by atomic mass is 9.92. The second-order valence-electron chi connectivity index (χ2n) is 23.2. The molecule has 3 aliphatic rings. The van der Waals surface area contributed by atoms with E-state index in [1.54, 1.807) is 55.4 Å². The van der Waals surface area contributed by atoms with Gasteiger partial charge in [0.2, 0.25) is 17.7 Å². The van der Waals surface area contributed by atoms with E-state index in [4.69, 9.17) is 31.5 Å². The van der Waals surface area contributed by atoms with Gasteiger partial charge in [0.15, 0.2) is 5.75 Å². The Morgan fingerprint density at radius 2 is 1.61 bits per heavy atom. The van der Waals surface area contributed by atoms with Gasteiger partial charge in [-0.2, -0.15) is 0 Å².